The summed E-state index contributed by atoms with van der Waals surface area (Å²) in [5, 5.41) is 0. The number of hydrogen-bond acceptors (Lipinski definition) is 3. The number of ether oxygens (including phenoxy) is 2. The first-order valence-electron chi connectivity index (χ1n) is 8.00. The fourth-order valence-electron chi connectivity index (χ4n) is 4.18. The highest BCUT2D eigenvalue weighted by molar-refractivity contribution is 4.98. The standard InChI is InChI=1S/C16H27NO2/c1-2-11-19-16-14-8-9-15(16)18-12-10-17(14)13-6-4-3-5-7-13/h2,13-16H,1,3-12H2/t14-,15-,16-/m1/s1. The molecule has 0 amide bonds. The molecule has 1 saturated heterocycles. The second kappa shape index (κ2) is 6.38. The minimum atomic E-state index is 0.266. The van der Waals surface area contributed by atoms with E-state index >= 15 is 0 Å². The lowest BCUT2D eigenvalue weighted by molar-refractivity contribution is -0.0471. The topological polar surface area (TPSA) is 21.7 Å². The summed E-state index contributed by atoms with van der Waals surface area (Å²) in [5.74, 6) is 0. The van der Waals surface area contributed by atoms with Crippen molar-refractivity contribution < 1.29 is 9.47 Å². The van der Waals surface area contributed by atoms with E-state index in [1.807, 2.05) is 6.08 Å². The highest BCUT2D eigenvalue weighted by atomic mass is 16.5. The van der Waals surface area contributed by atoms with Crippen LogP contribution in [0.2, 0.25) is 0 Å². The van der Waals surface area contributed by atoms with Crippen molar-refractivity contribution in [1.29, 1.82) is 0 Å². The second-order valence-corrected chi connectivity index (χ2v) is 6.17. The Hall–Kier alpha value is -0.380. The van der Waals surface area contributed by atoms with Crippen LogP contribution >= 0.6 is 0 Å². The van der Waals surface area contributed by atoms with Crippen LogP contribution in [0.5, 0.6) is 0 Å². The van der Waals surface area contributed by atoms with Crippen LogP contribution in [0.15, 0.2) is 12.7 Å². The molecule has 0 unspecified atom stereocenters. The maximum atomic E-state index is 6.04. The number of rotatable bonds is 4. The SMILES string of the molecule is C=CCO[C@@H]1[C@H]2CC[C@H]1OCCN2C1CCCCC1. The van der Waals surface area contributed by atoms with Crippen LogP contribution in [0.4, 0.5) is 0 Å². The number of nitrogens with zero attached hydrogens (tertiary/aromatic N) is 1. The molecule has 2 saturated carbocycles. The van der Waals surface area contributed by atoms with E-state index in [0.717, 1.165) is 25.6 Å². The van der Waals surface area contributed by atoms with Gasteiger partial charge in [0.25, 0.3) is 0 Å². The zero-order chi connectivity index (χ0) is 13.1. The second-order valence-electron chi connectivity index (χ2n) is 6.17. The highest BCUT2D eigenvalue weighted by Gasteiger charge is 2.44. The van der Waals surface area contributed by atoms with Gasteiger partial charge < -0.3 is 9.47 Å². The van der Waals surface area contributed by atoms with E-state index in [0.29, 0.717) is 18.8 Å². The molecular formula is C16H27NO2. The Bertz CT molecular complexity index is 301. The van der Waals surface area contributed by atoms with Crippen molar-refractivity contribution >= 4 is 0 Å². The average molecular weight is 265 g/mol. The molecule has 108 valence electrons. The predicted molar refractivity (Wildman–Crippen MR) is 76.3 cm³/mol. The summed E-state index contributed by atoms with van der Waals surface area (Å²) in [7, 11) is 0. The first-order chi connectivity index (χ1) is 9.40. The molecule has 2 aliphatic carbocycles. The van der Waals surface area contributed by atoms with E-state index in [2.05, 4.69) is 11.5 Å². The van der Waals surface area contributed by atoms with Gasteiger partial charge in [0.05, 0.1) is 25.4 Å². The number of hydrogen-bond donors (Lipinski definition) is 0. The maximum absolute atomic E-state index is 6.04. The Labute approximate surface area is 116 Å². The van der Waals surface area contributed by atoms with Gasteiger partial charge in [0, 0.05) is 18.6 Å². The molecule has 0 aromatic rings. The van der Waals surface area contributed by atoms with Gasteiger partial charge in [0.15, 0.2) is 0 Å². The highest BCUT2D eigenvalue weighted by Crippen LogP contribution is 2.35. The maximum Gasteiger partial charge on any atom is 0.0995 e. The van der Waals surface area contributed by atoms with E-state index in [4.69, 9.17) is 9.47 Å². The van der Waals surface area contributed by atoms with Crippen molar-refractivity contribution in [2.75, 3.05) is 19.8 Å². The summed E-state index contributed by atoms with van der Waals surface area (Å²) in [5.41, 5.74) is 0. The molecule has 0 radical (unpaired) electrons. The van der Waals surface area contributed by atoms with E-state index in [1.165, 1.54) is 38.5 Å². The third kappa shape index (κ3) is 2.88. The average Bonchev–Trinajstić information content (AvgIpc) is 2.73. The van der Waals surface area contributed by atoms with Crippen molar-refractivity contribution in [3.8, 4) is 0 Å². The van der Waals surface area contributed by atoms with Gasteiger partial charge in [0.1, 0.15) is 0 Å². The lowest BCUT2D eigenvalue weighted by Crippen LogP contribution is -2.49. The molecule has 3 nitrogen and oxygen atoms in total. The van der Waals surface area contributed by atoms with Crippen LogP contribution in [-0.2, 0) is 9.47 Å². The summed E-state index contributed by atoms with van der Waals surface area (Å²) in [6.07, 6.45) is 11.8. The minimum Gasteiger partial charge on any atom is -0.374 e. The third-order valence-electron chi connectivity index (χ3n) is 5.05. The molecule has 19 heavy (non-hydrogen) atoms. The molecule has 3 heteroatoms. The molecule has 3 atom stereocenters. The molecule has 0 aromatic carbocycles. The Morgan fingerprint density at radius 2 is 2.00 bits per heavy atom. The summed E-state index contributed by atoms with van der Waals surface area (Å²) in [6.45, 7) is 6.40. The van der Waals surface area contributed by atoms with Crippen molar-refractivity contribution in [2.24, 2.45) is 0 Å². The Morgan fingerprint density at radius 3 is 2.79 bits per heavy atom. The predicted octanol–water partition coefficient (Wildman–Crippen LogP) is 2.75. The Morgan fingerprint density at radius 1 is 1.16 bits per heavy atom. The molecule has 3 aliphatic rings. The molecule has 0 spiro atoms. The van der Waals surface area contributed by atoms with Gasteiger partial charge in [-0.3, -0.25) is 4.90 Å². The Balaban J connectivity index is 1.70. The van der Waals surface area contributed by atoms with Crippen molar-refractivity contribution in [3.63, 3.8) is 0 Å². The monoisotopic (exact) mass is 265 g/mol. The van der Waals surface area contributed by atoms with E-state index < -0.39 is 0 Å². The molecule has 2 bridgehead atoms. The summed E-state index contributed by atoms with van der Waals surface area (Å²) in [6, 6.07) is 1.35. The quantitative estimate of drug-likeness (QED) is 0.730. The summed E-state index contributed by atoms with van der Waals surface area (Å²) in [4.78, 5) is 2.72. The van der Waals surface area contributed by atoms with E-state index in [9.17, 15) is 0 Å². The molecular weight excluding hydrogens is 238 g/mol. The fraction of sp³-hybridized carbons (Fsp3) is 0.875. The first-order valence-corrected chi connectivity index (χ1v) is 8.00. The van der Waals surface area contributed by atoms with Crippen molar-refractivity contribution in [3.05, 3.63) is 12.7 Å². The van der Waals surface area contributed by atoms with Crippen LogP contribution in [0.3, 0.4) is 0 Å². The molecule has 1 heterocycles. The zero-order valence-electron chi connectivity index (χ0n) is 11.9. The lowest BCUT2D eigenvalue weighted by Gasteiger charge is -2.39. The van der Waals surface area contributed by atoms with Crippen LogP contribution in [0.25, 0.3) is 0 Å². The molecule has 0 aromatic heterocycles. The molecule has 0 N–H and O–H groups in total. The first kappa shape index (κ1) is 13.6. The lowest BCUT2D eigenvalue weighted by atomic mass is 9.92. The van der Waals surface area contributed by atoms with Gasteiger partial charge in [-0.15, -0.1) is 6.58 Å². The van der Waals surface area contributed by atoms with Gasteiger partial charge >= 0.3 is 0 Å². The van der Waals surface area contributed by atoms with Crippen molar-refractivity contribution in [2.45, 2.75) is 69.2 Å². The molecule has 3 fully saturated rings. The number of fused-ring (bicyclic) bond motifs is 2. The largest absolute Gasteiger partial charge is 0.374 e. The zero-order valence-corrected chi connectivity index (χ0v) is 11.9. The van der Waals surface area contributed by atoms with Crippen LogP contribution in [-0.4, -0.2) is 49.0 Å². The van der Waals surface area contributed by atoms with Crippen LogP contribution in [0, 0.1) is 0 Å². The summed E-state index contributed by atoms with van der Waals surface area (Å²) < 4.78 is 12.1. The van der Waals surface area contributed by atoms with E-state index in [1.54, 1.807) is 0 Å². The van der Waals surface area contributed by atoms with Gasteiger partial charge in [-0.25, -0.2) is 0 Å². The van der Waals surface area contributed by atoms with Crippen LogP contribution < -0.4 is 0 Å². The van der Waals surface area contributed by atoms with Crippen LogP contribution in [0.1, 0.15) is 44.9 Å². The minimum absolute atomic E-state index is 0.266. The van der Waals surface area contributed by atoms with Gasteiger partial charge in [-0.05, 0) is 25.7 Å². The van der Waals surface area contributed by atoms with Gasteiger partial charge in [-0.2, -0.15) is 0 Å². The smallest absolute Gasteiger partial charge is 0.0995 e. The van der Waals surface area contributed by atoms with Gasteiger partial charge in [0.2, 0.25) is 0 Å². The molecule has 3 rings (SSSR count). The normalized spacial score (nSPS) is 37.2. The van der Waals surface area contributed by atoms with E-state index in [-0.39, 0.29) is 6.10 Å². The van der Waals surface area contributed by atoms with Crippen molar-refractivity contribution in [1.82, 2.24) is 4.90 Å². The summed E-state index contributed by atoms with van der Waals surface area (Å²) >= 11 is 0. The molecule has 1 aliphatic heterocycles. The van der Waals surface area contributed by atoms with Gasteiger partial charge in [-0.1, -0.05) is 25.3 Å². The Kier molecular flexibility index (Phi) is 4.57. The fourth-order valence-corrected chi connectivity index (χ4v) is 4.18. The third-order valence-corrected chi connectivity index (χ3v) is 5.05.